The van der Waals surface area contributed by atoms with Crippen LogP contribution in [0, 0.1) is 0 Å². The number of hydrogen-bond donors (Lipinski definition) is 1. The van der Waals surface area contributed by atoms with Crippen LogP contribution in [0.4, 0.5) is 10.7 Å². The van der Waals surface area contributed by atoms with Crippen molar-refractivity contribution < 1.29 is 9.53 Å². The second kappa shape index (κ2) is 11.3. The van der Waals surface area contributed by atoms with Gasteiger partial charge in [0.2, 0.25) is 0 Å². The van der Waals surface area contributed by atoms with Crippen molar-refractivity contribution in [2.24, 2.45) is 4.99 Å². The van der Waals surface area contributed by atoms with E-state index in [0.29, 0.717) is 22.2 Å². The molecule has 4 nitrogen and oxygen atoms in total. The number of anilines is 1. The van der Waals surface area contributed by atoms with Gasteiger partial charge in [-0.25, -0.2) is 4.99 Å². The minimum absolute atomic E-state index is 0.0983. The first kappa shape index (κ1) is 24.6. The van der Waals surface area contributed by atoms with Crippen LogP contribution in [0.3, 0.4) is 0 Å². The lowest BCUT2D eigenvalue weighted by atomic mass is 9.95. The molecule has 0 saturated carbocycles. The van der Waals surface area contributed by atoms with Crippen LogP contribution in [0.5, 0.6) is 5.75 Å². The zero-order chi connectivity index (χ0) is 24.9. The number of para-hydroxylation sites is 1. The standard InChI is InChI=1S/C29H24Cl2N2O2S/c30-24-15-12-20(16-25(24)31)18-35-22-13-10-19(11-14-22)17-32-29-27(23-8-4-5-9-26(23)36-29)28(34)33-21-6-2-1-3-7-21/h1-3,6-7,10-17H,4-5,8-9,18H2,(H,33,34). The normalized spacial score (nSPS) is 12.9. The van der Waals surface area contributed by atoms with Crippen LogP contribution in [0.1, 0.15) is 44.8 Å². The fraction of sp³-hybridized carbons (Fsp3) is 0.172. The molecule has 182 valence electrons. The second-order valence-electron chi connectivity index (χ2n) is 8.58. The molecule has 0 saturated heterocycles. The summed E-state index contributed by atoms with van der Waals surface area (Å²) >= 11 is 13.7. The number of fused-ring (bicyclic) bond motifs is 1. The Morgan fingerprint density at radius 2 is 1.75 bits per heavy atom. The lowest BCUT2D eigenvalue weighted by Gasteiger charge is -2.12. The minimum atomic E-state index is -0.0983. The molecule has 4 aromatic rings. The zero-order valence-corrected chi connectivity index (χ0v) is 21.8. The van der Waals surface area contributed by atoms with E-state index in [4.69, 9.17) is 32.9 Å². The first-order valence-corrected chi connectivity index (χ1v) is 13.4. The number of carbonyl (C=O) groups is 1. The van der Waals surface area contributed by atoms with Crippen molar-refractivity contribution in [3.8, 4) is 5.75 Å². The van der Waals surface area contributed by atoms with E-state index in [-0.39, 0.29) is 5.91 Å². The Balaban J connectivity index is 1.31. The van der Waals surface area contributed by atoms with Gasteiger partial charge in [0.25, 0.3) is 5.91 Å². The molecular weight excluding hydrogens is 511 g/mol. The highest BCUT2D eigenvalue weighted by Crippen LogP contribution is 2.40. The van der Waals surface area contributed by atoms with Gasteiger partial charge in [-0.15, -0.1) is 11.3 Å². The van der Waals surface area contributed by atoms with E-state index >= 15 is 0 Å². The van der Waals surface area contributed by atoms with E-state index in [0.717, 1.165) is 58.8 Å². The highest BCUT2D eigenvalue weighted by Gasteiger charge is 2.25. The van der Waals surface area contributed by atoms with Crippen LogP contribution in [0.25, 0.3) is 0 Å². The van der Waals surface area contributed by atoms with Crippen molar-refractivity contribution in [3.63, 3.8) is 0 Å². The maximum atomic E-state index is 13.2. The molecule has 1 aliphatic carbocycles. The van der Waals surface area contributed by atoms with Crippen molar-refractivity contribution in [3.05, 3.63) is 110 Å². The second-order valence-corrected chi connectivity index (χ2v) is 10.5. The highest BCUT2D eigenvalue weighted by molar-refractivity contribution is 7.16. The zero-order valence-electron chi connectivity index (χ0n) is 19.5. The quantitative estimate of drug-likeness (QED) is 0.241. The molecule has 0 spiro atoms. The Labute approximate surface area is 224 Å². The van der Waals surface area contributed by atoms with E-state index in [2.05, 4.69) is 5.32 Å². The third-order valence-corrected chi connectivity index (χ3v) is 7.95. The van der Waals surface area contributed by atoms with Crippen molar-refractivity contribution in [2.45, 2.75) is 32.3 Å². The van der Waals surface area contributed by atoms with Gasteiger partial charge in [-0.1, -0.05) is 47.5 Å². The number of aliphatic imine (C=N–C) groups is 1. The van der Waals surface area contributed by atoms with E-state index in [1.165, 1.54) is 4.88 Å². The van der Waals surface area contributed by atoms with Gasteiger partial charge >= 0.3 is 0 Å². The lowest BCUT2D eigenvalue weighted by Crippen LogP contribution is -2.14. The van der Waals surface area contributed by atoms with Crippen LogP contribution in [0.2, 0.25) is 10.0 Å². The molecule has 1 heterocycles. The van der Waals surface area contributed by atoms with Gasteiger partial charge in [0.15, 0.2) is 0 Å². The summed E-state index contributed by atoms with van der Waals surface area (Å²) in [6.07, 6.45) is 5.98. The highest BCUT2D eigenvalue weighted by atomic mass is 35.5. The molecule has 1 aromatic heterocycles. The summed E-state index contributed by atoms with van der Waals surface area (Å²) in [6, 6.07) is 22.7. The molecule has 0 fully saturated rings. The molecule has 5 rings (SSSR count). The number of aryl methyl sites for hydroxylation is 1. The summed E-state index contributed by atoms with van der Waals surface area (Å²) in [5, 5.41) is 4.83. The molecule has 1 amide bonds. The number of halogens is 2. The maximum absolute atomic E-state index is 13.2. The van der Waals surface area contributed by atoms with Crippen LogP contribution >= 0.6 is 34.5 Å². The number of thiophene rings is 1. The molecule has 0 unspecified atom stereocenters. The number of nitrogens with zero attached hydrogens (tertiary/aromatic N) is 1. The first-order chi connectivity index (χ1) is 17.6. The molecule has 3 aromatic carbocycles. The van der Waals surface area contributed by atoms with E-state index in [9.17, 15) is 4.79 Å². The topological polar surface area (TPSA) is 50.7 Å². The smallest absolute Gasteiger partial charge is 0.259 e. The number of benzene rings is 3. The third-order valence-electron chi connectivity index (χ3n) is 6.01. The van der Waals surface area contributed by atoms with Crippen molar-refractivity contribution in [1.82, 2.24) is 0 Å². The number of nitrogens with one attached hydrogen (secondary N) is 1. The molecule has 1 aliphatic rings. The summed E-state index contributed by atoms with van der Waals surface area (Å²) in [5.41, 5.74) is 4.51. The van der Waals surface area contributed by atoms with Crippen LogP contribution in [-0.2, 0) is 19.4 Å². The predicted molar refractivity (Wildman–Crippen MR) is 150 cm³/mol. The Hall–Kier alpha value is -3.12. The van der Waals surface area contributed by atoms with Crippen molar-refractivity contribution in [1.29, 1.82) is 0 Å². The van der Waals surface area contributed by atoms with E-state index < -0.39 is 0 Å². The van der Waals surface area contributed by atoms with Crippen molar-refractivity contribution in [2.75, 3.05) is 5.32 Å². The van der Waals surface area contributed by atoms with Gasteiger partial charge < -0.3 is 10.1 Å². The van der Waals surface area contributed by atoms with Gasteiger partial charge in [-0.05, 0) is 90.9 Å². The summed E-state index contributed by atoms with van der Waals surface area (Å²) in [5.74, 6) is 0.645. The number of ether oxygens (including phenoxy) is 1. The Morgan fingerprint density at radius 3 is 2.53 bits per heavy atom. The summed E-state index contributed by atoms with van der Waals surface area (Å²) in [4.78, 5) is 19.3. The summed E-state index contributed by atoms with van der Waals surface area (Å²) < 4.78 is 5.87. The Bertz CT molecular complexity index is 1400. The number of carbonyl (C=O) groups excluding carboxylic acids is 1. The number of amides is 1. The first-order valence-electron chi connectivity index (χ1n) is 11.8. The molecule has 1 N–H and O–H groups in total. The molecule has 7 heteroatoms. The van der Waals surface area contributed by atoms with Gasteiger partial charge in [0, 0.05) is 16.8 Å². The fourth-order valence-corrected chi connectivity index (χ4v) is 5.72. The Morgan fingerprint density at radius 1 is 0.972 bits per heavy atom. The molecule has 0 aliphatic heterocycles. The van der Waals surface area contributed by atoms with Crippen LogP contribution < -0.4 is 10.1 Å². The predicted octanol–water partition coefficient (Wildman–Crippen LogP) is 8.52. The molecule has 0 bridgehead atoms. The van der Waals surface area contributed by atoms with Gasteiger partial charge in [-0.2, -0.15) is 0 Å². The molecule has 0 radical (unpaired) electrons. The maximum Gasteiger partial charge on any atom is 0.259 e. The van der Waals surface area contributed by atoms with Gasteiger partial charge in [0.05, 0.1) is 15.6 Å². The number of rotatable bonds is 7. The van der Waals surface area contributed by atoms with Gasteiger partial charge in [0.1, 0.15) is 17.4 Å². The summed E-state index contributed by atoms with van der Waals surface area (Å²) in [7, 11) is 0. The molecule has 36 heavy (non-hydrogen) atoms. The van der Waals surface area contributed by atoms with Crippen molar-refractivity contribution >= 4 is 57.3 Å². The van der Waals surface area contributed by atoms with Gasteiger partial charge in [-0.3, -0.25) is 4.79 Å². The third kappa shape index (κ3) is 5.81. The SMILES string of the molecule is O=C(Nc1ccccc1)c1c(N=Cc2ccc(OCc3ccc(Cl)c(Cl)c3)cc2)sc2c1CCCC2. The average molecular weight is 535 g/mol. The van der Waals surface area contributed by atoms with Crippen LogP contribution in [0.15, 0.2) is 77.8 Å². The monoisotopic (exact) mass is 534 g/mol. The number of hydrogen-bond acceptors (Lipinski definition) is 4. The van der Waals surface area contributed by atoms with E-state index in [1.807, 2.05) is 60.7 Å². The lowest BCUT2D eigenvalue weighted by molar-refractivity contribution is 0.102. The fourth-order valence-electron chi connectivity index (χ4n) is 4.17. The van der Waals surface area contributed by atoms with E-state index in [1.54, 1.807) is 29.7 Å². The average Bonchev–Trinajstić information content (AvgIpc) is 3.28. The molecular formula is C29H24Cl2N2O2S. The van der Waals surface area contributed by atoms with Crippen LogP contribution in [-0.4, -0.2) is 12.1 Å². The summed E-state index contributed by atoms with van der Waals surface area (Å²) in [6.45, 7) is 0.394. The largest absolute Gasteiger partial charge is 0.489 e. The Kier molecular flexibility index (Phi) is 7.71. The molecule has 0 atom stereocenters. The minimum Gasteiger partial charge on any atom is -0.489 e.